The minimum Gasteiger partial charge on any atom is -0.453 e. The molecule has 1 unspecified atom stereocenters. The largest absolute Gasteiger partial charge is 0.453 e. The van der Waals surface area contributed by atoms with Gasteiger partial charge in [0.15, 0.2) is 11.6 Å². The van der Waals surface area contributed by atoms with Crippen molar-refractivity contribution >= 4 is 32.4 Å². The molecule has 6 heteroatoms. The van der Waals surface area contributed by atoms with Gasteiger partial charge in [-0.3, -0.25) is 9.19 Å². The number of aromatic nitrogens is 1. The predicted octanol–water partition coefficient (Wildman–Crippen LogP) is 3.97. The summed E-state index contributed by atoms with van der Waals surface area (Å²) >= 11 is 1.35. The molecule has 0 aliphatic carbocycles. The van der Waals surface area contributed by atoms with E-state index in [9.17, 15) is 8.60 Å². The fourth-order valence-corrected chi connectivity index (χ4v) is 3.56. The van der Waals surface area contributed by atoms with Gasteiger partial charge >= 0.3 is 0 Å². The monoisotopic (exact) mass is 307 g/mol. The van der Waals surface area contributed by atoms with Crippen LogP contribution in [0, 0.1) is 5.82 Å². The molecule has 0 saturated heterocycles. The Morgan fingerprint density at radius 1 is 1.25 bits per heavy atom. The fourth-order valence-electron chi connectivity index (χ4n) is 1.76. The maximum absolute atomic E-state index is 13.6. The number of fused-ring (bicyclic) bond motifs is 1. The van der Waals surface area contributed by atoms with Crippen molar-refractivity contribution in [3.8, 4) is 11.5 Å². The van der Waals surface area contributed by atoms with E-state index in [1.165, 1.54) is 17.4 Å². The van der Waals surface area contributed by atoms with Crippen molar-refractivity contribution in [2.24, 2.45) is 0 Å². The summed E-state index contributed by atoms with van der Waals surface area (Å²) in [4.78, 5) is 4.21. The number of nitrogens with zero attached hydrogens (tertiary/aromatic N) is 1. The van der Waals surface area contributed by atoms with Crippen molar-refractivity contribution in [2.75, 3.05) is 6.26 Å². The van der Waals surface area contributed by atoms with E-state index in [4.69, 9.17) is 4.74 Å². The number of halogens is 1. The third kappa shape index (κ3) is 2.44. The first-order valence-electron chi connectivity index (χ1n) is 5.79. The minimum atomic E-state index is -1.07. The average molecular weight is 307 g/mol. The molecule has 0 aliphatic rings. The first kappa shape index (κ1) is 13.2. The second-order valence-electron chi connectivity index (χ2n) is 4.08. The Morgan fingerprint density at radius 3 is 2.80 bits per heavy atom. The third-order valence-electron chi connectivity index (χ3n) is 2.69. The van der Waals surface area contributed by atoms with Gasteiger partial charge in [-0.05, 0) is 18.2 Å². The minimum absolute atomic E-state index is 0.160. The number of ether oxygens (including phenoxy) is 1. The highest BCUT2D eigenvalue weighted by atomic mass is 32.2. The first-order valence-corrected chi connectivity index (χ1v) is 8.17. The molecule has 0 aliphatic heterocycles. The zero-order valence-corrected chi connectivity index (χ0v) is 12.1. The first-order chi connectivity index (χ1) is 9.65. The van der Waals surface area contributed by atoms with Gasteiger partial charge in [0.1, 0.15) is 5.75 Å². The standard InChI is InChI=1S/C14H10FNO2S2/c1-20(17)13-8-10-14(19-13)12(6-7-16-10)18-11-5-3-2-4-9(11)15/h2-8H,1H3. The Bertz CT molecular complexity index is 801. The number of benzene rings is 1. The quantitative estimate of drug-likeness (QED) is 0.735. The summed E-state index contributed by atoms with van der Waals surface area (Å²) < 4.78 is 32.3. The summed E-state index contributed by atoms with van der Waals surface area (Å²) in [5.74, 6) is 0.252. The lowest BCUT2D eigenvalue weighted by Gasteiger charge is -2.06. The Hall–Kier alpha value is -1.79. The lowest BCUT2D eigenvalue weighted by molar-refractivity contribution is 0.447. The third-order valence-corrected chi connectivity index (χ3v) is 5.27. The van der Waals surface area contributed by atoms with Crippen LogP contribution in [0.1, 0.15) is 0 Å². The van der Waals surface area contributed by atoms with Crippen LogP contribution in [0.2, 0.25) is 0 Å². The Kier molecular flexibility index (Phi) is 3.50. The van der Waals surface area contributed by atoms with Gasteiger partial charge in [0, 0.05) is 18.5 Å². The van der Waals surface area contributed by atoms with E-state index < -0.39 is 16.6 Å². The molecule has 2 heterocycles. The molecule has 102 valence electrons. The summed E-state index contributed by atoms with van der Waals surface area (Å²) in [6.45, 7) is 0. The number of pyridine rings is 1. The zero-order chi connectivity index (χ0) is 14.1. The van der Waals surface area contributed by atoms with E-state index in [2.05, 4.69) is 4.98 Å². The highest BCUT2D eigenvalue weighted by molar-refractivity contribution is 7.86. The van der Waals surface area contributed by atoms with Crippen molar-refractivity contribution in [1.29, 1.82) is 0 Å². The van der Waals surface area contributed by atoms with Gasteiger partial charge in [-0.1, -0.05) is 12.1 Å². The van der Waals surface area contributed by atoms with Crippen LogP contribution in [0.4, 0.5) is 4.39 Å². The number of rotatable bonds is 3. The van der Waals surface area contributed by atoms with Gasteiger partial charge in [0.2, 0.25) is 0 Å². The van der Waals surface area contributed by atoms with Crippen molar-refractivity contribution < 1.29 is 13.3 Å². The molecule has 0 saturated carbocycles. The van der Waals surface area contributed by atoms with Gasteiger partial charge in [0.25, 0.3) is 0 Å². The lowest BCUT2D eigenvalue weighted by atomic mass is 10.3. The van der Waals surface area contributed by atoms with Crippen LogP contribution in [0.15, 0.2) is 46.8 Å². The Balaban J connectivity index is 2.08. The lowest BCUT2D eigenvalue weighted by Crippen LogP contribution is -1.88. The average Bonchev–Trinajstić information content (AvgIpc) is 2.86. The maximum atomic E-state index is 13.6. The number of hydrogen-bond acceptors (Lipinski definition) is 4. The van der Waals surface area contributed by atoms with E-state index in [0.29, 0.717) is 11.3 Å². The summed E-state index contributed by atoms with van der Waals surface area (Å²) in [5.41, 5.74) is 0.703. The van der Waals surface area contributed by atoms with Crippen LogP contribution in [0.5, 0.6) is 11.5 Å². The van der Waals surface area contributed by atoms with Crippen molar-refractivity contribution in [3.05, 3.63) is 48.4 Å². The smallest absolute Gasteiger partial charge is 0.165 e. The second-order valence-corrected chi connectivity index (χ2v) is 6.73. The molecular weight excluding hydrogens is 297 g/mol. The SMILES string of the molecule is CS(=O)c1cc2nccc(Oc3ccccc3F)c2s1. The summed E-state index contributed by atoms with van der Waals surface area (Å²) in [5, 5.41) is 0. The van der Waals surface area contributed by atoms with Gasteiger partial charge in [0.05, 0.1) is 25.2 Å². The molecule has 1 aromatic carbocycles. The molecule has 20 heavy (non-hydrogen) atoms. The van der Waals surface area contributed by atoms with E-state index >= 15 is 0 Å². The van der Waals surface area contributed by atoms with Crippen LogP contribution in [-0.2, 0) is 10.8 Å². The van der Waals surface area contributed by atoms with Crippen molar-refractivity contribution in [1.82, 2.24) is 4.98 Å². The summed E-state index contributed by atoms with van der Waals surface area (Å²) in [7, 11) is -1.07. The van der Waals surface area contributed by atoms with E-state index in [1.54, 1.807) is 42.8 Å². The topological polar surface area (TPSA) is 39.2 Å². The van der Waals surface area contributed by atoms with Crippen molar-refractivity contribution in [2.45, 2.75) is 4.21 Å². The summed E-state index contributed by atoms with van der Waals surface area (Å²) in [6, 6.07) is 9.66. The second kappa shape index (κ2) is 5.30. The molecule has 1 atom stereocenters. The Morgan fingerprint density at radius 2 is 2.05 bits per heavy atom. The van der Waals surface area contributed by atoms with E-state index in [0.717, 1.165) is 8.91 Å². The molecule has 0 spiro atoms. The predicted molar refractivity (Wildman–Crippen MR) is 78.4 cm³/mol. The molecule has 0 radical (unpaired) electrons. The zero-order valence-electron chi connectivity index (χ0n) is 10.5. The van der Waals surface area contributed by atoms with Gasteiger partial charge in [-0.15, -0.1) is 11.3 Å². The van der Waals surface area contributed by atoms with Crippen LogP contribution in [0.25, 0.3) is 10.2 Å². The highest BCUT2D eigenvalue weighted by Gasteiger charge is 2.12. The van der Waals surface area contributed by atoms with Gasteiger partial charge in [-0.25, -0.2) is 4.39 Å². The van der Waals surface area contributed by atoms with Crippen LogP contribution < -0.4 is 4.74 Å². The van der Waals surface area contributed by atoms with E-state index in [1.807, 2.05) is 0 Å². The fraction of sp³-hybridized carbons (Fsp3) is 0.0714. The molecule has 0 fully saturated rings. The Labute approximate surface area is 121 Å². The molecular formula is C14H10FNO2S2. The van der Waals surface area contributed by atoms with Crippen LogP contribution in [-0.4, -0.2) is 15.4 Å². The normalized spacial score (nSPS) is 12.5. The molecule has 0 bridgehead atoms. The molecule has 3 rings (SSSR count). The molecule has 3 nitrogen and oxygen atoms in total. The van der Waals surface area contributed by atoms with Crippen molar-refractivity contribution in [3.63, 3.8) is 0 Å². The van der Waals surface area contributed by atoms with E-state index in [-0.39, 0.29) is 5.75 Å². The molecule has 0 amide bonds. The molecule has 0 N–H and O–H groups in total. The maximum Gasteiger partial charge on any atom is 0.165 e. The van der Waals surface area contributed by atoms with Crippen LogP contribution >= 0.6 is 11.3 Å². The summed E-state index contributed by atoms with van der Waals surface area (Å²) in [6.07, 6.45) is 3.20. The number of thiophene rings is 1. The molecule has 3 aromatic rings. The van der Waals surface area contributed by atoms with Crippen LogP contribution in [0.3, 0.4) is 0 Å². The number of para-hydroxylation sites is 1. The highest BCUT2D eigenvalue weighted by Crippen LogP contribution is 2.36. The van der Waals surface area contributed by atoms with Gasteiger partial charge < -0.3 is 4.74 Å². The van der Waals surface area contributed by atoms with Gasteiger partial charge in [-0.2, -0.15) is 0 Å². The molecule has 2 aromatic heterocycles. The number of hydrogen-bond donors (Lipinski definition) is 0.